The lowest BCUT2D eigenvalue weighted by molar-refractivity contribution is -0.174. The van der Waals surface area contributed by atoms with Crippen LogP contribution in [0.4, 0.5) is 0 Å². The fourth-order valence-corrected chi connectivity index (χ4v) is 10.7. The number of rotatable bonds is 4. The molecule has 5 rings (SSSR count). The Hall–Kier alpha value is -0.170. The summed E-state index contributed by atoms with van der Waals surface area (Å²) in [4.78, 5) is 14.5. The number of amides is 1. The van der Waals surface area contributed by atoms with Gasteiger partial charge in [-0.2, -0.15) is 0 Å². The van der Waals surface area contributed by atoms with E-state index in [1.165, 1.54) is 25.7 Å². The van der Waals surface area contributed by atoms with Gasteiger partial charge >= 0.3 is 0 Å². The van der Waals surface area contributed by atoms with Crippen LogP contribution in [0.15, 0.2) is 0 Å². The van der Waals surface area contributed by atoms with Gasteiger partial charge in [0.2, 0.25) is 5.91 Å². The highest BCUT2D eigenvalue weighted by Gasteiger charge is 2.62. The molecule has 0 aromatic heterocycles. The van der Waals surface area contributed by atoms with Crippen molar-refractivity contribution in [1.82, 2.24) is 4.90 Å². The summed E-state index contributed by atoms with van der Waals surface area (Å²) in [5.41, 5.74) is 0.563. The van der Waals surface area contributed by atoms with Gasteiger partial charge in [0, 0.05) is 18.7 Å². The van der Waals surface area contributed by atoms with Crippen molar-refractivity contribution in [3.8, 4) is 0 Å². The molecule has 1 amide bonds. The van der Waals surface area contributed by atoms with Crippen LogP contribution in [0, 0.1) is 46.3 Å². The third-order valence-corrected chi connectivity index (χ3v) is 12.7. The molecule has 10 unspecified atom stereocenters. The zero-order valence-electron chi connectivity index (χ0n) is 20.7. The molecule has 0 bridgehead atoms. The topological polar surface area (TPSA) is 60.8 Å². The highest BCUT2D eigenvalue weighted by atomic mass is 32.2. The van der Waals surface area contributed by atoms with Crippen molar-refractivity contribution in [1.29, 1.82) is 0 Å². The summed E-state index contributed by atoms with van der Waals surface area (Å²) in [6, 6.07) is 0. The zero-order chi connectivity index (χ0) is 23.5. The van der Waals surface area contributed by atoms with Gasteiger partial charge in [-0.3, -0.25) is 9.69 Å². The monoisotopic (exact) mass is 493 g/mol. The maximum Gasteiger partial charge on any atom is 0.228 e. The molecular weight excluding hydrogens is 450 g/mol. The van der Waals surface area contributed by atoms with E-state index in [9.17, 15) is 15.0 Å². The molecule has 10 atom stereocenters. The molecule has 0 radical (unpaired) electrons. The summed E-state index contributed by atoms with van der Waals surface area (Å²) in [5.74, 6) is 4.40. The smallest absolute Gasteiger partial charge is 0.228 e. The quantitative estimate of drug-likeness (QED) is 0.524. The Balaban J connectivity index is 1.28. The number of hydrogen-bond donors (Lipinski definition) is 2. The Morgan fingerprint density at radius 3 is 2.58 bits per heavy atom. The molecular formula is C27H43NO3S2. The molecule has 33 heavy (non-hydrogen) atoms. The van der Waals surface area contributed by atoms with Gasteiger partial charge in [-0.25, -0.2) is 0 Å². The summed E-state index contributed by atoms with van der Waals surface area (Å²) in [7, 11) is 0. The minimum Gasteiger partial charge on any atom is -0.393 e. The van der Waals surface area contributed by atoms with E-state index in [1.807, 2.05) is 4.90 Å². The van der Waals surface area contributed by atoms with Crippen molar-refractivity contribution >= 4 is 34.2 Å². The molecule has 0 aromatic rings. The molecule has 0 aromatic carbocycles. The van der Waals surface area contributed by atoms with Crippen molar-refractivity contribution in [2.75, 3.05) is 12.3 Å². The summed E-state index contributed by atoms with van der Waals surface area (Å²) in [5, 5.41) is 21.7. The number of aliphatic hydroxyl groups excluding tert-OH is 2. The molecule has 1 aliphatic heterocycles. The molecule has 186 valence electrons. The molecule has 4 aliphatic carbocycles. The van der Waals surface area contributed by atoms with Crippen LogP contribution in [0.25, 0.3) is 0 Å². The van der Waals surface area contributed by atoms with E-state index in [1.54, 1.807) is 11.8 Å². The van der Waals surface area contributed by atoms with Gasteiger partial charge in [0.1, 0.15) is 4.32 Å². The number of carbonyl (C=O) groups excluding carboxylic acids is 1. The van der Waals surface area contributed by atoms with E-state index in [0.29, 0.717) is 41.9 Å². The van der Waals surface area contributed by atoms with E-state index >= 15 is 0 Å². The molecule has 4 saturated carbocycles. The third-order valence-electron chi connectivity index (χ3n) is 11.3. The predicted octanol–water partition coefficient (Wildman–Crippen LogP) is 5.25. The minimum atomic E-state index is -0.215. The Morgan fingerprint density at radius 2 is 1.85 bits per heavy atom. The first-order valence-corrected chi connectivity index (χ1v) is 14.9. The zero-order valence-corrected chi connectivity index (χ0v) is 22.3. The molecule has 5 aliphatic rings. The van der Waals surface area contributed by atoms with E-state index in [4.69, 9.17) is 12.2 Å². The van der Waals surface area contributed by atoms with Crippen LogP contribution in [0.5, 0.6) is 0 Å². The summed E-state index contributed by atoms with van der Waals surface area (Å²) in [6.07, 6.45) is 9.92. The predicted molar refractivity (Wildman–Crippen MR) is 138 cm³/mol. The number of nitrogens with zero attached hydrogens (tertiary/aromatic N) is 1. The van der Waals surface area contributed by atoms with E-state index in [2.05, 4.69) is 20.8 Å². The average molecular weight is 494 g/mol. The summed E-state index contributed by atoms with van der Waals surface area (Å²) >= 11 is 6.97. The first-order chi connectivity index (χ1) is 15.6. The van der Waals surface area contributed by atoms with Gasteiger partial charge in [-0.1, -0.05) is 44.8 Å². The molecule has 0 spiro atoms. The van der Waals surface area contributed by atoms with Crippen LogP contribution in [0.1, 0.15) is 85.0 Å². The van der Waals surface area contributed by atoms with Crippen molar-refractivity contribution < 1.29 is 15.0 Å². The first-order valence-electron chi connectivity index (χ1n) is 13.5. The normalized spacial score (nSPS) is 48.2. The second-order valence-corrected chi connectivity index (χ2v) is 14.4. The number of aliphatic hydroxyl groups is 2. The van der Waals surface area contributed by atoms with Crippen molar-refractivity contribution in [3.63, 3.8) is 0 Å². The molecule has 2 N–H and O–H groups in total. The van der Waals surface area contributed by atoms with Gasteiger partial charge in [0.25, 0.3) is 0 Å². The number of fused-ring (bicyclic) bond motifs is 5. The van der Waals surface area contributed by atoms with E-state index in [0.717, 1.165) is 48.7 Å². The fourth-order valence-electron chi connectivity index (χ4n) is 9.48. The van der Waals surface area contributed by atoms with Crippen LogP contribution in [-0.2, 0) is 4.79 Å². The maximum absolute atomic E-state index is 12.7. The summed E-state index contributed by atoms with van der Waals surface area (Å²) in [6.45, 7) is 8.14. The van der Waals surface area contributed by atoms with Crippen molar-refractivity contribution in [3.05, 3.63) is 0 Å². The average Bonchev–Trinajstić information content (AvgIpc) is 3.36. The number of thioether (sulfide) groups is 1. The lowest BCUT2D eigenvalue weighted by Gasteiger charge is -2.62. The Labute approximate surface area is 209 Å². The standard InChI is InChI=1S/C27H43NO3S2/c1-16(4-7-23(31)28-12-13-33-25(28)32)19-5-6-20-24-21(9-11-27(19,20)3)26(2)10-8-18(29)14-17(26)15-22(24)30/h16-22,24,29-30H,4-15H2,1-3H3. The maximum atomic E-state index is 12.7. The second kappa shape index (κ2) is 9.05. The molecule has 1 heterocycles. The Kier molecular flexibility index (Phi) is 6.72. The van der Waals surface area contributed by atoms with Crippen LogP contribution >= 0.6 is 24.0 Å². The third kappa shape index (κ3) is 4.03. The molecule has 1 saturated heterocycles. The van der Waals surface area contributed by atoms with E-state index < -0.39 is 0 Å². The highest BCUT2D eigenvalue weighted by molar-refractivity contribution is 8.23. The van der Waals surface area contributed by atoms with Crippen LogP contribution in [0.3, 0.4) is 0 Å². The van der Waals surface area contributed by atoms with Gasteiger partial charge in [0.05, 0.1) is 12.2 Å². The number of thiocarbonyl (C=S) groups is 1. The minimum absolute atomic E-state index is 0.173. The lowest BCUT2D eigenvalue weighted by atomic mass is 9.43. The summed E-state index contributed by atoms with van der Waals surface area (Å²) < 4.78 is 0.757. The fraction of sp³-hybridized carbons (Fsp3) is 0.926. The van der Waals surface area contributed by atoms with Crippen molar-refractivity contribution in [2.24, 2.45) is 46.3 Å². The largest absolute Gasteiger partial charge is 0.393 e. The molecule has 5 fully saturated rings. The van der Waals surface area contributed by atoms with E-state index in [-0.39, 0.29) is 28.9 Å². The number of hydrogen-bond acceptors (Lipinski definition) is 5. The SMILES string of the molecule is CC(CCC(=O)N1CCSC1=S)C1CCC2C3C(O)CC4CC(O)CCC4(C)C3CCC12C. The molecule has 4 nitrogen and oxygen atoms in total. The van der Waals surface area contributed by atoms with Gasteiger partial charge in [0.15, 0.2) is 0 Å². The first kappa shape index (κ1) is 24.5. The van der Waals surface area contributed by atoms with Crippen LogP contribution in [0.2, 0.25) is 0 Å². The highest BCUT2D eigenvalue weighted by Crippen LogP contribution is 2.68. The van der Waals surface area contributed by atoms with Crippen molar-refractivity contribution in [2.45, 2.75) is 97.2 Å². The van der Waals surface area contributed by atoms with Crippen LogP contribution in [-0.4, -0.2) is 49.8 Å². The Morgan fingerprint density at radius 1 is 1.12 bits per heavy atom. The van der Waals surface area contributed by atoms with Gasteiger partial charge in [-0.15, -0.1) is 0 Å². The van der Waals surface area contributed by atoms with Gasteiger partial charge < -0.3 is 10.2 Å². The number of carbonyl (C=O) groups is 1. The molecule has 6 heteroatoms. The Bertz CT molecular complexity index is 791. The second-order valence-electron chi connectivity index (χ2n) is 12.6. The van der Waals surface area contributed by atoms with Crippen LogP contribution < -0.4 is 0 Å². The lowest BCUT2D eigenvalue weighted by Crippen LogP contribution is -2.58. The van der Waals surface area contributed by atoms with Gasteiger partial charge in [-0.05, 0) is 104 Å².